The van der Waals surface area contributed by atoms with E-state index in [1.54, 1.807) is 6.07 Å². The standard InChI is InChI=1S/C15H21N3O3S/c19-15-8-12(11-18(15)13-4-1-2-5-13)9-17-22(20,21)14-6-3-7-16-10-14/h3,6-7,10,12-13,17H,1-2,4-5,8-9,11H2/t12-/m1/s1. The maximum Gasteiger partial charge on any atom is 0.242 e. The Bertz CT molecular complexity index is 627. The van der Waals surface area contributed by atoms with Gasteiger partial charge in [0.25, 0.3) is 0 Å². The molecule has 0 radical (unpaired) electrons. The Morgan fingerprint density at radius 1 is 1.32 bits per heavy atom. The molecule has 1 aromatic heterocycles. The van der Waals surface area contributed by atoms with Gasteiger partial charge in [-0.2, -0.15) is 0 Å². The predicted octanol–water partition coefficient (Wildman–Crippen LogP) is 1.15. The van der Waals surface area contributed by atoms with E-state index in [0.29, 0.717) is 25.6 Å². The molecule has 1 saturated heterocycles. The Kier molecular flexibility index (Phi) is 4.44. The number of carbonyl (C=O) groups excluding carboxylic acids is 1. The van der Waals surface area contributed by atoms with Gasteiger partial charge in [-0.05, 0) is 30.9 Å². The number of hydrogen-bond donors (Lipinski definition) is 1. The van der Waals surface area contributed by atoms with E-state index in [1.807, 2.05) is 4.90 Å². The van der Waals surface area contributed by atoms with E-state index < -0.39 is 10.0 Å². The lowest BCUT2D eigenvalue weighted by atomic mass is 10.1. The van der Waals surface area contributed by atoms with Crippen molar-refractivity contribution >= 4 is 15.9 Å². The van der Waals surface area contributed by atoms with E-state index in [9.17, 15) is 13.2 Å². The molecule has 0 unspecified atom stereocenters. The number of hydrogen-bond acceptors (Lipinski definition) is 4. The summed E-state index contributed by atoms with van der Waals surface area (Å²) < 4.78 is 26.9. The van der Waals surface area contributed by atoms with Crippen LogP contribution in [0.25, 0.3) is 0 Å². The summed E-state index contributed by atoms with van der Waals surface area (Å²) in [6, 6.07) is 3.47. The van der Waals surface area contributed by atoms with Gasteiger partial charge in [-0.25, -0.2) is 13.1 Å². The number of likely N-dealkylation sites (tertiary alicyclic amines) is 1. The fourth-order valence-corrected chi connectivity index (χ4v) is 4.41. The van der Waals surface area contributed by atoms with E-state index in [-0.39, 0.29) is 16.7 Å². The number of sulfonamides is 1. The SMILES string of the molecule is O=C1C[C@H](CNS(=O)(=O)c2cccnc2)CN1C1CCCC1. The summed E-state index contributed by atoms with van der Waals surface area (Å²) in [4.78, 5) is 18.0. The molecule has 1 aromatic rings. The van der Waals surface area contributed by atoms with Crippen molar-refractivity contribution in [3.8, 4) is 0 Å². The maximum absolute atomic E-state index is 12.2. The van der Waals surface area contributed by atoms with Crippen LogP contribution in [-0.4, -0.2) is 43.3 Å². The summed E-state index contributed by atoms with van der Waals surface area (Å²) >= 11 is 0. The van der Waals surface area contributed by atoms with Crippen LogP contribution in [0.2, 0.25) is 0 Å². The molecule has 2 heterocycles. The predicted molar refractivity (Wildman–Crippen MR) is 81.5 cm³/mol. The fourth-order valence-electron chi connectivity index (χ4n) is 3.33. The van der Waals surface area contributed by atoms with Crippen molar-refractivity contribution in [2.45, 2.75) is 43.0 Å². The summed E-state index contributed by atoms with van der Waals surface area (Å²) in [6.45, 7) is 0.964. The van der Waals surface area contributed by atoms with E-state index in [4.69, 9.17) is 0 Å². The molecule has 6 nitrogen and oxygen atoms in total. The molecule has 120 valence electrons. The Morgan fingerprint density at radius 3 is 2.77 bits per heavy atom. The second-order valence-corrected chi connectivity index (χ2v) is 7.86. The zero-order chi connectivity index (χ0) is 15.6. The van der Waals surface area contributed by atoms with Crippen LogP contribution in [0.15, 0.2) is 29.4 Å². The topological polar surface area (TPSA) is 79.4 Å². The average molecular weight is 323 g/mol. The van der Waals surface area contributed by atoms with Crippen molar-refractivity contribution in [2.75, 3.05) is 13.1 Å². The lowest BCUT2D eigenvalue weighted by molar-refractivity contribution is -0.129. The second kappa shape index (κ2) is 6.34. The Labute approximate surface area is 131 Å². The van der Waals surface area contributed by atoms with Crippen molar-refractivity contribution < 1.29 is 13.2 Å². The summed E-state index contributed by atoms with van der Waals surface area (Å²) in [7, 11) is -3.54. The first-order valence-electron chi connectivity index (χ1n) is 7.75. The first-order chi connectivity index (χ1) is 10.6. The second-order valence-electron chi connectivity index (χ2n) is 6.10. The van der Waals surface area contributed by atoms with E-state index in [0.717, 1.165) is 12.8 Å². The monoisotopic (exact) mass is 323 g/mol. The molecule has 1 amide bonds. The van der Waals surface area contributed by atoms with Gasteiger partial charge in [0.2, 0.25) is 15.9 Å². The molecular weight excluding hydrogens is 302 g/mol. The van der Waals surface area contributed by atoms with Crippen LogP contribution >= 0.6 is 0 Å². The van der Waals surface area contributed by atoms with Gasteiger partial charge in [0.15, 0.2) is 0 Å². The summed E-state index contributed by atoms with van der Waals surface area (Å²) in [5.74, 6) is 0.219. The molecule has 22 heavy (non-hydrogen) atoms. The Hall–Kier alpha value is -1.47. The number of nitrogens with zero attached hydrogens (tertiary/aromatic N) is 2. The minimum Gasteiger partial charge on any atom is -0.339 e. The first-order valence-corrected chi connectivity index (χ1v) is 9.24. The lowest BCUT2D eigenvalue weighted by Crippen LogP contribution is -2.36. The van der Waals surface area contributed by atoms with Crippen LogP contribution in [-0.2, 0) is 14.8 Å². The molecule has 0 bridgehead atoms. The molecule has 1 N–H and O–H groups in total. The van der Waals surface area contributed by atoms with Crippen molar-refractivity contribution in [1.82, 2.24) is 14.6 Å². The minimum absolute atomic E-state index is 0.0551. The molecule has 0 spiro atoms. The highest BCUT2D eigenvalue weighted by molar-refractivity contribution is 7.89. The molecular formula is C15H21N3O3S. The van der Waals surface area contributed by atoms with Gasteiger partial charge in [0.05, 0.1) is 0 Å². The van der Waals surface area contributed by atoms with Gasteiger partial charge in [0.1, 0.15) is 4.90 Å². The number of carbonyl (C=O) groups is 1. The van der Waals surface area contributed by atoms with Gasteiger partial charge in [-0.1, -0.05) is 12.8 Å². The molecule has 2 fully saturated rings. The van der Waals surface area contributed by atoms with Gasteiger partial charge >= 0.3 is 0 Å². The van der Waals surface area contributed by atoms with Crippen LogP contribution in [0, 0.1) is 5.92 Å². The van der Waals surface area contributed by atoms with Gasteiger partial charge in [-0.3, -0.25) is 9.78 Å². The van der Waals surface area contributed by atoms with Crippen LogP contribution in [0.5, 0.6) is 0 Å². The van der Waals surface area contributed by atoms with Gasteiger partial charge in [-0.15, -0.1) is 0 Å². The number of nitrogens with one attached hydrogen (secondary N) is 1. The highest BCUT2D eigenvalue weighted by Crippen LogP contribution is 2.29. The lowest BCUT2D eigenvalue weighted by Gasteiger charge is -2.24. The van der Waals surface area contributed by atoms with Gasteiger partial charge < -0.3 is 4.90 Å². The molecule has 1 aliphatic heterocycles. The molecule has 1 aliphatic carbocycles. The van der Waals surface area contributed by atoms with Crippen molar-refractivity contribution in [3.05, 3.63) is 24.5 Å². The van der Waals surface area contributed by atoms with Crippen LogP contribution in [0.3, 0.4) is 0 Å². The van der Waals surface area contributed by atoms with Crippen LogP contribution < -0.4 is 4.72 Å². The fraction of sp³-hybridized carbons (Fsp3) is 0.600. The van der Waals surface area contributed by atoms with Crippen molar-refractivity contribution in [2.24, 2.45) is 5.92 Å². The highest BCUT2D eigenvalue weighted by Gasteiger charge is 2.35. The molecule has 7 heteroatoms. The van der Waals surface area contributed by atoms with E-state index in [1.165, 1.54) is 31.3 Å². The largest absolute Gasteiger partial charge is 0.339 e. The number of rotatable bonds is 5. The molecule has 3 rings (SSSR count). The zero-order valence-corrected chi connectivity index (χ0v) is 13.3. The molecule has 0 aromatic carbocycles. The normalized spacial score (nSPS) is 23.4. The van der Waals surface area contributed by atoms with Crippen LogP contribution in [0.4, 0.5) is 0 Å². The maximum atomic E-state index is 12.2. The Morgan fingerprint density at radius 2 is 2.09 bits per heavy atom. The summed E-state index contributed by atoms with van der Waals surface area (Å²) in [5, 5.41) is 0. The average Bonchev–Trinajstić information content (AvgIpc) is 3.15. The third-order valence-electron chi connectivity index (χ3n) is 4.51. The first kappa shape index (κ1) is 15.4. The highest BCUT2D eigenvalue weighted by atomic mass is 32.2. The Balaban J connectivity index is 1.57. The van der Waals surface area contributed by atoms with E-state index in [2.05, 4.69) is 9.71 Å². The van der Waals surface area contributed by atoms with E-state index >= 15 is 0 Å². The number of amides is 1. The third kappa shape index (κ3) is 3.30. The quantitative estimate of drug-likeness (QED) is 0.881. The number of aromatic nitrogens is 1. The number of pyridine rings is 1. The summed E-state index contributed by atoms with van der Waals surface area (Å²) in [5.41, 5.74) is 0. The van der Waals surface area contributed by atoms with Crippen molar-refractivity contribution in [3.63, 3.8) is 0 Å². The third-order valence-corrected chi connectivity index (χ3v) is 5.92. The van der Waals surface area contributed by atoms with Crippen LogP contribution in [0.1, 0.15) is 32.1 Å². The molecule has 1 atom stereocenters. The van der Waals surface area contributed by atoms with Crippen molar-refractivity contribution in [1.29, 1.82) is 0 Å². The zero-order valence-electron chi connectivity index (χ0n) is 12.4. The molecule has 2 aliphatic rings. The molecule has 1 saturated carbocycles. The summed E-state index contributed by atoms with van der Waals surface area (Å²) in [6.07, 6.45) is 7.84. The minimum atomic E-state index is -3.54. The smallest absolute Gasteiger partial charge is 0.242 e. The van der Waals surface area contributed by atoms with Gasteiger partial charge in [0, 0.05) is 37.9 Å².